The molecule has 0 aliphatic heterocycles. The Balaban J connectivity index is 1.92. The zero-order chi connectivity index (χ0) is 25.3. The predicted molar refractivity (Wildman–Crippen MR) is 125 cm³/mol. The molecule has 0 radical (unpaired) electrons. The van der Waals surface area contributed by atoms with Crippen molar-refractivity contribution in [2.24, 2.45) is 0 Å². The average molecular weight is 628 g/mol. The Morgan fingerprint density at radius 2 is 1.71 bits per heavy atom. The molecule has 1 aromatic heterocycles. The summed E-state index contributed by atoms with van der Waals surface area (Å²) >= 11 is -0.977. The van der Waals surface area contributed by atoms with Crippen molar-refractivity contribution in [3.63, 3.8) is 0 Å². The van der Waals surface area contributed by atoms with E-state index in [4.69, 9.17) is 4.18 Å². The average Bonchev–Trinajstić information content (AvgIpc) is 3.24. The summed E-state index contributed by atoms with van der Waals surface area (Å²) < 4.78 is 62.2. The van der Waals surface area contributed by atoms with Gasteiger partial charge in [0, 0.05) is 26.6 Å². The molecule has 0 fully saturated rings. The zero-order valence-electron chi connectivity index (χ0n) is 17.0. The molecule has 1 heterocycles. The van der Waals surface area contributed by atoms with Crippen molar-refractivity contribution in [2.45, 2.75) is 4.90 Å². The van der Waals surface area contributed by atoms with Crippen LogP contribution >= 0.6 is 22.6 Å². The van der Waals surface area contributed by atoms with Gasteiger partial charge in [0.25, 0.3) is 5.69 Å². The van der Waals surface area contributed by atoms with Crippen LogP contribution in [0.2, 0.25) is 0 Å². The molecule has 0 spiro atoms. The van der Waals surface area contributed by atoms with Crippen molar-refractivity contribution in [2.75, 3.05) is 0 Å². The van der Waals surface area contributed by atoms with Crippen LogP contribution in [-0.2, 0) is 21.5 Å². The first kappa shape index (κ1) is 24.8. The van der Waals surface area contributed by atoms with Gasteiger partial charge >= 0.3 is 5.82 Å². The third-order valence-corrected chi connectivity index (χ3v) is 6.41. The molecule has 180 valence electrons. The number of aromatic nitrogens is 4. The van der Waals surface area contributed by atoms with E-state index in [0.29, 0.717) is 11.4 Å². The van der Waals surface area contributed by atoms with Crippen LogP contribution in [0.4, 0.5) is 5.69 Å². The molecule has 0 amide bonds. The highest BCUT2D eigenvalue weighted by Gasteiger charge is 2.27. The molecule has 0 saturated heterocycles. The van der Waals surface area contributed by atoms with E-state index in [1.165, 1.54) is 33.9 Å². The number of nitro groups is 1. The summed E-state index contributed by atoms with van der Waals surface area (Å²) in [6, 6.07) is 15.4. The third-order valence-electron chi connectivity index (χ3n) is 4.55. The van der Waals surface area contributed by atoms with E-state index in [1.54, 1.807) is 24.3 Å². The monoisotopic (exact) mass is 628 g/mol. The largest absolute Gasteiger partial charge is 0.744 e. The van der Waals surface area contributed by atoms with Crippen molar-refractivity contribution < 1.29 is 35.6 Å². The summed E-state index contributed by atoms with van der Waals surface area (Å²) in [6.07, 6.45) is 0. The van der Waals surface area contributed by atoms with E-state index in [1.807, 2.05) is 0 Å². The van der Waals surface area contributed by atoms with Crippen molar-refractivity contribution >= 4 is 49.8 Å². The van der Waals surface area contributed by atoms with Crippen molar-refractivity contribution in [3.05, 3.63) is 80.4 Å². The molecule has 0 aliphatic carbocycles. The van der Waals surface area contributed by atoms with E-state index < -0.39 is 37.0 Å². The number of nitrogens with zero attached hydrogens (tertiary/aromatic N) is 5. The Morgan fingerprint density at radius 3 is 2.29 bits per heavy atom. The first-order valence-corrected chi connectivity index (χ1v) is 12.8. The van der Waals surface area contributed by atoms with E-state index in [-0.39, 0.29) is 17.1 Å². The molecule has 0 N–H and O–H groups in total. The first-order chi connectivity index (χ1) is 16.5. The minimum absolute atomic E-state index is 0.0264. The van der Waals surface area contributed by atoms with Crippen LogP contribution in [0, 0.1) is 13.7 Å². The lowest BCUT2D eigenvalue weighted by molar-refractivity contribution is -0.734. The Kier molecular flexibility index (Phi) is 6.90. The fourth-order valence-corrected chi connectivity index (χ4v) is 4.12. The van der Waals surface area contributed by atoms with Gasteiger partial charge in [0.2, 0.25) is 0 Å². The van der Waals surface area contributed by atoms with Crippen LogP contribution in [0.5, 0.6) is 5.75 Å². The Morgan fingerprint density at radius 1 is 1.06 bits per heavy atom. The standard InChI is InChI=1S/C19H12IN5O8S2/c20-12-1-3-13(4-2-12)23-21-19(22-24(23)14-5-7-15(8-6-14)25(26)27)17-10-9-16(35(30,31)32)11-18(17)33-34(28)29/h1-11H,(H-,28,29,30,31,32)/p-1. The number of benzene rings is 3. The highest BCUT2D eigenvalue weighted by Crippen LogP contribution is 2.31. The maximum atomic E-state index is 11.4. The summed E-state index contributed by atoms with van der Waals surface area (Å²) in [5.74, 6) is -0.567. The highest BCUT2D eigenvalue weighted by molar-refractivity contribution is 14.1. The number of rotatable bonds is 7. The molecule has 0 saturated carbocycles. The lowest BCUT2D eigenvalue weighted by atomic mass is 10.2. The fourth-order valence-electron chi connectivity index (χ4n) is 2.99. The minimum Gasteiger partial charge on any atom is -0.744 e. The van der Waals surface area contributed by atoms with Crippen LogP contribution in [-0.4, -0.2) is 41.6 Å². The molecule has 16 heteroatoms. The molecule has 13 nitrogen and oxygen atoms in total. The van der Waals surface area contributed by atoms with Gasteiger partial charge in [0.15, 0.2) is 11.4 Å². The van der Waals surface area contributed by atoms with Gasteiger partial charge in [0.1, 0.15) is 27.2 Å². The lowest BCUT2D eigenvalue weighted by Gasteiger charge is -2.12. The summed E-state index contributed by atoms with van der Waals surface area (Å²) in [6.45, 7) is 0. The minimum atomic E-state index is -4.90. The van der Waals surface area contributed by atoms with Gasteiger partial charge in [-0.25, -0.2) is 12.6 Å². The van der Waals surface area contributed by atoms with Crippen molar-refractivity contribution in [1.82, 2.24) is 15.0 Å². The van der Waals surface area contributed by atoms with Gasteiger partial charge in [0.05, 0.1) is 20.5 Å². The van der Waals surface area contributed by atoms with E-state index in [9.17, 15) is 31.8 Å². The number of nitro benzene ring substituents is 1. The summed E-state index contributed by atoms with van der Waals surface area (Å²) in [5.41, 5.74) is 0.747. The zero-order valence-corrected chi connectivity index (χ0v) is 20.8. The van der Waals surface area contributed by atoms with Crippen LogP contribution in [0.25, 0.3) is 22.8 Å². The van der Waals surface area contributed by atoms with Crippen LogP contribution in [0.1, 0.15) is 0 Å². The number of hydrogen-bond donors (Lipinski definition) is 0. The second kappa shape index (κ2) is 9.74. The lowest BCUT2D eigenvalue weighted by Crippen LogP contribution is -2.43. The SMILES string of the molecule is O=[N+]([O-])c1ccc(-[n+]2nc(-c3ccc(S(=O)(=O)[O-])cc3OS(=O)[O-])nn2-c2ccc(I)cc2)cc1. The second-order valence-corrected chi connectivity index (χ2v) is 9.95. The number of hydrogen-bond acceptors (Lipinski definition) is 10. The van der Waals surface area contributed by atoms with Crippen LogP contribution in [0.3, 0.4) is 0 Å². The van der Waals surface area contributed by atoms with Gasteiger partial charge in [-0.2, -0.15) is 0 Å². The van der Waals surface area contributed by atoms with Gasteiger partial charge in [-0.15, -0.1) is 0 Å². The topological polar surface area (TPSA) is 184 Å². The van der Waals surface area contributed by atoms with Crippen molar-refractivity contribution in [1.29, 1.82) is 0 Å². The summed E-state index contributed by atoms with van der Waals surface area (Å²) in [5, 5.41) is 19.8. The quantitative estimate of drug-likeness (QED) is 0.0730. The summed E-state index contributed by atoms with van der Waals surface area (Å²) in [4.78, 5) is 12.4. The smallest absolute Gasteiger partial charge is 0.343 e. The predicted octanol–water partition coefficient (Wildman–Crippen LogP) is 1.80. The maximum absolute atomic E-state index is 11.4. The highest BCUT2D eigenvalue weighted by atomic mass is 127. The Bertz CT molecular complexity index is 1560. The molecule has 3 aromatic carbocycles. The Hall–Kier alpha value is -3.32. The van der Waals surface area contributed by atoms with E-state index in [0.717, 1.165) is 21.8 Å². The number of tetrazole rings is 1. The van der Waals surface area contributed by atoms with Gasteiger partial charge in [-0.1, -0.05) is 0 Å². The maximum Gasteiger partial charge on any atom is 0.343 e. The molecule has 1 unspecified atom stereocenters. The van der Waals surface area contributed by atoms with Gasteiger partial charge < -0.3 is 13.3 Å². The number of halogens is 1. The second-order valence-electron chi connectivity index (χ2n) is 6.75. The van der Waals surface area contributed by atoms with Crippen LogP contribution < -0.4 is 8.98 Å². The van der Waals surface area contributed by atoms with Gasteiger partial charge in [-0.3, -0.25) is 10.1 Å². The number of non-ortho nitro benzene ring substituents is 1. The van der Waals surface area contributed by atoms with E-state index in [2.05, 4.69) is 32.8 Å². The molecule has 1 atom stereocenters. The first-order valence-electron chi connectivity index (χ1n) is 9.31. The van der Waals surface area contributed by atoms with Gasteiger partial charge in [-0.05, 0) is 81.0 Å². The van der Waals surface area contributed by atoms with E-state index >= 15 is 0 Å². The molecular weight excluding hydrogens is 617 g/mol. The van der Waals surface area contributed by atoms with Crippen molar-refractivity contribution in [3.8, 4) is 28.5 Å². The normalized spacial score (nSPS) is 12.3. The third kappa shape index (κ3) is 5.51. The molecule has 0 bridgehead atoms. The molecule has 0 aliphatic rings. The molecule has 4 rings (SSSR count). The molecular formula is C19H11IN5O8S2-. The molecule has 4 aromatic rings. The van der Waals surface area contributed by atoms with Crippen LogP contribution in [0.15, 0.2) is 71.6 Å². The Labute approximate surface area is 213 Å². The fraction of sp³-hybridized carbons (Fsp3) is 0. The molecule has 35 heavy (non-hydrogen) atoms. The summed E-state index contributed by atoms with van der Waals surface area (Å²) in [7, 11) is -4.90.